The fourth-order valence-corrected chi connectivity index (χ4v) is 3.63. The van der Waals surface area contributed by atoms with Gasteiger partial charge in [0.05, 0.1) is 5.69 Å². The van der Waals surface area contributed by atoms with Crippen LogP contribution in [0.25, 0.3) is 32.7 Å². The third-order valence-electron chi connectivity index (χ3n) is 3.77. The number of hydrogen-bond donors (Lipinski definition) is 2. The van der Waals surface area contributed by atoms with E-state index in [1.165, 1.54) is 10.3 Å². The fraction of sp³-hybridized carbons (Fsp3) is 0.0556. The van der Waals surface area contributed by atoms with Crippen LogP contribution in [0.2, 0.25) is 0 Å². The summed E-state index contributed by atoms with van der Waals surface area (Å²) in [7, 11) is 0. The molecule has 0 spiro atoms. The molecule has 2 aromatic carbocycles. The first-order valence-corrected chi connectivity index (χ1v) is 7.94. The van der Waals surface area contributed by atoms with Gasteiger partial charge >= 0.3 is 0 Å². The number of aryl methyl sites for hydroxylation is 1. The number of para-hydroxylation sites is 1. The molecule has 0 fully saturated rings. The molecular weight excluding hydrogens is 290 g/mol. The first kappa shape index (κ1) is 13.1. The molecule has 22 heavy (non-hydrogen) atoms. The van der Waals surface area contributed by atoms with Crippen LogP contribution in [0.4, 0.5) is 5.69 Å². The number of aromatic nitrogens is 2. The van der Waals surface area contributed by atoms with Gasteiger partial charge in [0.1, 0.15) is 5.01 Å². The van der Waals surface area contributed by atoms with Crippen LogP contribution in [-0.2, 0) is 0 Å². The minimum Gasteiger partial charge on any atom is -0.399 e. The highest BCUT2D eigenvalue weighted by molar-refractivity contribution is 7.15. The minimum atomic E-state index is 0.763. The standard InChI is InChI=1S/C18H15N3S/c1-11-17(15-10-20-16-8-3-2-7-14(15)16)21-18(22-11)12-5-4-6-13(19)9-12/h2-10,20H,19H2,1H3. The molecule has 4 heteroatoms. The van der Waals surface area contributed by atoms with E-state index in [1.807, 2.05) is 36.5 Å². The predicted molar refractivity (Wildman–Crippen MR) is 94.0 cm³/mol. The fourth-order valence-electron chi connectivity index (χ4n) is 2.71. The highest BCUT2D eigenvalue weighted by Gasteiger charge is 2.14. The Morgan fingerprint density at radius 2 is 1.95 bits per heavy atom. The van der Waals surface area contributed by atoms with Gasteiger partial charge in [-0.3, -0.25) is 0 Å². The molecule has 4 rings (SSSR count). The van der Waals surface area contributed by atoms with Crippen molar-refractivity contribution in [3.63, 3.8) is 0 Å². The highest BCUT2D eigenvalue weighted by Crippen LogP contribution is 2.36. The van der Waals surface area contributed by atoms with Crippen molar-refractivity contribution in [2.45, 2.75) is 6.92 Å². The zero-order valence-corrected chi connectivity index (χ0v) is 12.9. The molecule has 0 saturated heterocycles. The van der Waals surface area contributed by atoms with E-state index in [1.54, 1.807) is 11.3 Å². The van der Waals surface area contributed by atoms with Gasteiger partial charge in [0.15, 0.2) is 0 Å². The van der Waals surface area contributed by atoms with Gasteiger partial charge in [-0.25, -0.2) is 4.98 Å². The second kappa shape index (κ2) is 5.00. The maximum Gasteiger partial charge on any atom is 0.124 e. The normalized spacial score (nSPS) is 11.1. The first-order chi connectivity index (χ1) is 10.7. The van der Waals surface area contributed by atoms with Crippen LogP contribution in [0.5, 0.6) is 0 Å². The first-order valence-electron chi connectivity index (χ1n) is 7.12. The summed E-state index contributed by atoms with van der Waals surface area (Å²) < 4.78 is 0. The largest absolute Gasteiger partial charge is 0.399 e. The molecule has 3 nitrogen and oxygen atoms in total. The van der Waals surface area contributed by atoms with Crippen molar-refractivity contribution in [3.05, 3.63) is 59.6 Å². The number of hydrogen-bond acceptors (Lipinski definition) is 3. The zero-order chi connectivity index (χ0) is 15.1. The molecule has 3 N–H and O–H groups in total. The van der Waals surface area contributed by atoms with Crippen LogP contribution < -0.4 is 5.73 Å². The van der Waals surface area contributed by atoms with Crippen LogP contribution in [-0.4, -0.2) is 9.97 Å². The van der Waals surface area contributed by atoms with Crippen molar-refractivity contribution in [2.24, 2.45) is 0 Å². The van der Waals surface area contributed by atoms with Gasteiger partial charge < -0.3 is 10.7 Å². The number of nitrogens with one attached hydrogen (secondary N) is 1. The summed E-state index contributed by atoms with van der Waals surface area (Å²) in [5.41, 5.74) is 11.0. The Labute approximate surface area is 132 Å². The number of rotatable bonds is 2. The highest BCUT2D eigenvalue weighted by atomic mass is 32.1. The van der Waals surface area contributed by atoms with Gasteiger partial charge in [-0.05, 0) is 25.1 Å². The molecule has 4 aromatic rings. The summed E-state index contributed by atoms with van der Waals surface area (Å²) in [6.45, 7) is 2.12. The Kier molecular flexibility index (Phi) is 2.98. The number of thiazole rings is 1. The molecule has 2 aromatic heterocycles. The summed E-state index contributed by atoms with van der Waals surface area (Å²) in [6, 6.07) is 16.2. The SMILES string of the molecule is Cc1sc(-c2cccc(N)c2)nc1-c1c[nH]c2ccccc12. The Balaban J connectivity index is 1.87. The van der Waals surface area contributed by atoms with E-state index in [9.17, 15) is 0 Å². The van der Waals surface area contributed by atoms with Crippen LogP contribution in [0.1, 0.15) is 4.88 Å². The molecule has 0 saturated carbocycles. The van der Waals surface area contributed by atoms with E-state index in [-0.39, 0.29) is 0 Å². The summed E-state index contributed by atoms with van der Waals surface area (Å²) in [6.07, 6.45) is 2.04. The minimum absolute atomic E-state index is 0.763. The number of nitrogens with two attached hydrogens (primary N) is 1. The molecule has 0 aliphatic heterocycles. The Morgan fingerprint density at radius 1 is 1.09 bits per heavy atom. The summed E-state index contributed by atoms with van der Waals surface area (Å²) in [5, 5.41) is 2.21. The van der Waals surface area contributed by atoms with Crippen molar-refractivity contribution >= 4 is 27.9 Å². The molecule has 0 aliphatic rings. The quantitative estimate of drug-likeness (QED) is 0.520. The lowest BCUT2D eigenvalue weighted by atomic mass is 10.1. The van der Waals surface area contributed by atoms with Crippen molar-refractivity contribution in [1.29, 1.82) is 0 Å². The number of fused-ring (bicyclic) bond motifs is 1. The Hall–Kier alpha value is -2.59. The lowest BCUT2D eigenvalue weighted by Crippen LogP contribution is -1.85. The van der Waals surface area contributed by atoms with Crippen LogP contribution in [0.15, 0.2) is 54.7 Å². The van der Waals surface area contributed by atoms with Crippen LogP contribution in [0, 0.1) is 6.92 Å². The van der Waals surface area contributed by atoms with E-state index in [4.69, 9.17) is 10.7 Å². The number of aromatic amines is 1. The van der Waals surface area contributed by atoms with E-state index >= 15 is 0 Å². The van der Waals surface area contributed by atoms with E-state index in [0.717, 1.165) is 33.0 Å². The monoisotopic (exact) mass is 305 g/mol. The Morgan fingerprint density at radius 3 is 2.82 bits per heavy atom. The third-order valence-corrected chi connectivity index (χ3v) is 4.79. The maximum atomic E-state index is 5.88. The van der Waals surface area contributed by atoms with Crippen molar-refractivity contribution in [3.8, 4) is 21.8 Å². The molecule has 0 amide bonds. The van der Waals surface area contributed by atoms with Gasteiger partial charge in [0, 0.05) is 38.8 Å². The second-order valence-corrected chi connectivity index (χ2v) is 6.50. The van der Waals surface area contributed by atoms with Crippen molar-refractivity contribution in [2.75, 3.05) is 5.73 Å². The number of H-pyrrole nitrogens is 1. The van der Waals surface area contributed by atoms with Crippen molar-refractivity contribution < 1.29 is 0 Å². The van der Waals surface area contributed by atoms with Crippen molar-refractivity contribution in [1.82, 2.24) is 9.97 Å². The van der Waals surface area contributed by atoms with E-state index in [0.29, 0.717) is 0 Å². The molecule has 0 unspecified atom stereocenters. The smallest absolute Gasteiger partial charge is 0.124 e. The number of nitrogens with zero attached hydrogens (tertiary/aromatic N) is 1. The summed E-state index contributed by atoms with van der Waals surface area (Å²) in [4.78, 5) is 9.38. The molecule has 108 valence electrons. The lowest BCUT2D eigenvalue weighted by Gasteiger charge is -1.98. The third kappa shape index (κ3) is 2.09. The molecule has 0 bridgehead atoms. The Bertz CT molecular complexity index is 965. The maximum absolute atomic E-state index is 5.88. The van der Waals surface area contributed by atoms with Gasteiger partial charge in [-0.2, -0.15) is 0 Å². The predicted octanol–water partition coefficient (Wildman–Crippen LogP) is 4.85. The lowest BCUT2D eigenvalue weighted by molar-refractivity contribution is 1.37. The number of nitrogen functional groups attached to an aromatic ring is 1. The zero-order valence-electron chi connectivity index (χ0n) is 12.1. The average Bonchev–Trinajstić information content (AvgIpc) is 3.10. The number of benzene rings is 2. The number of anilines is 1. The topological polar surface area (TPSA) is 54.7 Å². The molecular formula is C18H15N3S. The molecule has 2 heterocycles. The molecule has 0 aliphatic carbocycles. The van der Waals surface area contributed by atoms with Crippen LogP contribution >= 0.6 is 11.3 Å². The van der Waals surface area contributed by atoms with E-state index in [2.05, 4.69) is 30.1 Å². The summed E-state index contributed by atoms with van der Waals surface area (Å²) in [5.74, 6) is 0. The second-order valence-electron chi connectivity index (χ2n) is 5.30. The van der Waals surface area contributed by atoms with Gasteiger partial charge in [-0.15, -0.1) is 11.3 Å². The van der Waals surface area contributed by atoms with Gasteiger partial charge in [-0.1, -0.05) is 30.3 Å². The summed E-state index contributed by atoms with van der Waals surface area (Å²) >= 11 is 1.70. The van der Waals surface area contributed by atoms with Gasteiger partial charge in [0.2, 0.25) is 0 Å². The molecule has 0 radical (unpaired) electrons. The average molecular weight is 305 g/mol. The molecule has 0 atom stereocenters. The van der Waals surface area contributed by atoms with Crippen LogP contribution in [0.3, 0.4) is 0 Å². The van der Waals surface area contributed by atoms with E-state index < -0.39 is 0 Å². The van der Waals surface area contributed by atoms with Gasteiger partial charge in [0.25, 0.3) is 0 Å².